The molecule has 0 spiro atoms. The van der Waals surface area contributed by atoms with Gasteiger partial charge in [-0.15, -0.1) is 0 Å². The highest BCUT2D eigenvalue weighted by Crippen LogP contribution is 2.30. The van der Waals surface area contributed by atoms with Gasteiger partial charge in [-0.25, -0.2) is 9.18 Å². The zero-order valence-corrected chi connectivity index (χ0v) is 12.2. The van der Waals surface area contributed by atoms with Gasteiger partial charge in [0.25, 0.3) is 0 Å². The van der Waals surface area contributed by atoms with E-state index in [-0.39, 0.29) is 12.1 Å². The molecule has 0 saturated carbocycles. The van der Waals surface area contributed by atoms with Crippen molar-refractivity contribution in [2.45, 2.75) is 19.6 Å². The van der Waals surface area contributed by atoms with E-state index in [0.717, 1.165) is 11.6 Å². The molecule has 0 aliphatic carbocycles. The Hall–Kier alpha value is -2.57. The second-order valence-corrected chi connectivity index (χ2v) is 4.98. The Morgan fingerprint density at radius 1 is 1.13 bits per heavy atom. The monoisotopic (exact) mass is 326 g/mol. The smallest absolute Gasteiger partial charge is 0.334 e. The number of anilines is 1. The van der Waals surface area contributed by atoms with E-state index in [9.17, 15) is 22.4 Å². The van der Waals surface area contributed by atoms with Crippen molar-refractivity contribution in [2.75, 3.05) is 5.32 Å². The number of carbonyl (C=O) groups excluding carboxylic acids is 1. The van der Waals surface area contributed by atoms with Crippen LogP contribution in [0.5, 0.6) is 0 Å². The summed E-state index contributed by atoms with van der Waals surface area (Å²) in [4.78, 5) is 11.7. The molecule has 2 aromatic rings. The highest BCUT2D eigenvalue weighted by atomic mass is 19.4. The molecule has 7 heteroatoms. The van der Waals surface area contributed by atoms with Gasteiger partial charge in [0.05, 0.1) is 5.56 Å². The predicted molar refractivity (Wildman–Crippen MR) is 78.4 cm³/mol. The average Bonchev–Trinajstić information content (AvgIpc) is 2.45. The third-order valence-corrected chi connectivity index (χ3v) is 3.09. The maximum atomic E-state index is 13.5. The van der Waals surface area contributed by atoms with Crippen molar-refractivity contribution in [3.63, 3.8) is 0 Å². The summed E-state index contributed by atoms with van der Waals surface area (Å²) < 4.78 is 51.4. The van der Waals surface area contributed by atoms with Gasteiger partial charge in [-0.2, -0.15) is 13.2 Å². The van der Waals surface area contributed by atoms with Gasteiger partial charge in [0.2, 0.25) is 0 Å². The number of urea groups is 1. The molecular formula is C16H14F4N2O. The largest absolute Gasteiger partial charge is 0.416 e. The van der Waals surface area contributed by atoms with Crippen LogP contribution < -0.4 is 10.6 Å². The van der Waals surface area contributed by atoms with Crippen molar-refractivity contribution >= 4 is 11.7 Å². The molecule has 0 heterocycles. The Morgan fingerprint density at radius 2 is 1.87 bits per heavy atom. The molecule has 23 heavy (non-hydrogen) atoms. The molecule has 0 atom stereocenters. The number of halogens is 4. The van der Waals surface area contributed by atoms with Gasteiger partial charge in [-0.1, -0.05) is 12.1 Å². The fraction of sp³-hybridized carbons (Fsp3) is 0.188. The second-order valence-electron chi connectivity index (χ2n) is 4.98. The van der Waals surface area contributed by atoms with Crippen LogP contribution in [0.4, 0.5) is 28.0 Å². The molecule has 2 N–H and O–H groups in total. The molecule has 122 valence electrons. The standard InChI is InChI=1S/C16H14F4N2O/c1-10-3-2-4-13(7-10)22-15(23)21-9-11-8-12(16(18,19)20)5-6-14(11)17/h2-8H,9H2,1H3,(H2,21,22,23). The molecule has 0 saturated heterocycles. The van der Waals surface area contributed by atoms with Crippen LogP contribution >= 0.6 is 0 Å². The minimum Gasteiger partial charge on any atom is -0.334 e. The number of nitrogens with one attached hydrogen (secondary N) is 2. The first-order valence-electron chi connectivity index (χ1n) is 6.73. The van der Waals surface area contributed by atoms with E-state index >= 15 is 0 Å². The van der Waals surface area contributed by atoms with Crippen molar-refractivity contribution in [1.82, 2.24) is 5.32 Å². The molecule has 0 aromatic heterocycles. The zero-order valence-electron chi connectivity index (χ0n) is 12.2. The second kappa shape index (κ2) is 6.68. The first kappa shape index (κ1) is 16.8. The molecule has 0 radical (unpaired) electrons. The molecule has 2 rings (SSSR count). The summed E-state index contributed by atoms with van der Waals surface area (Å²) in [7, 11) is 0. The number of aryl methyl sites for hydroxylation is 1. The number of hydrogen-bond acceptors (Lipinski definition) is 1. The summed E-state index contributed by atoms with van der Waals surface area (Å²) in [6.07, 6.45) is -4.56. The number of carbonyl (C=O) groups is 1. The van der Waals surface area contributed by atoms with Crippen LogP contribution in [0.25, 0.3) is 0 Å². The molecule has 0 aliphatic heterocycles. The van der Waals surface area contributed by atoms with E-state index in [4.69, 9.17) is 0 Å². The molecule has 2 amide bonds. The number of rotatable bonds is 3. The first-order valence-corrected chi connectivity index (χ1v) is 6.73. The van der Waals surface area contributed by atoms with Gasteiger partial charge in [0, 0.05) is 17.8 Å². The summed E-state index contributed by atoms with van der Waals surface area (Å²) in [6, 6.07) is 8.43. The molecular weight excluding hydrogens is 312 g/mol. The molecule has 0 aliphatic rings. The summed E-state index contributed by atoms with van der Waals surface area (Å²) in [5.41, 5.74) is 0.271. The van der Waals surface area contributed by atoms with Crippen molar-refractivity contribution in [3.8, 4) is 0 Å². The van der Waals surface area contributed by atoms with Crippen molar-refractivity contribution in [3.05, 3.63) is 65.0 Å². The topological polar surface area (TPSA) is 41.1 Å². The third kappa shape index (κ3) is 4.70. The fourth-order valence-electron chi connectivity index (χ4n) is 1.96. The minimum absolute atomic E-state index is 0.237. The van der Waals surface area contributed by atoms with Crippen LogP contribution in [0.1, 0.15) is 16.7 Å². The van der Waals surface area contributed by atoms with Crippen LogP contribution in [-0.4, -0.2) is 6.03 Å². The van der Waals surface area contributed by atoms with Gasteiger partial charge >= 0.3 is 12.2 Å². The molecule has 0 fully saturated rings. The van der Waals surface area contributed by atoms with E-state index in [2.05, 4.69) is 10.6 Å². The van der Waals surface area contributed by atoms with Crippen molar-refractivity contribution in [1.29, 1.82) is 0 Å². The Labute approximate surface area is 130 Å². The predicted octanol–water partition coefficient (Wildman–Crippen LogP) is 4.47. The van der Waals surface area contributed by atoms with Crippen LogP contribution in [0.2, 0.25) is 0 Å². The number of hydrogen-bond donors (Lipinski definition) is 2. The van der Waals surface area contributed by atoms with E-state index in [1.54, 1.807) is 18.2 Å². The van der Waals surface area contributed by atoms with E-state index < -0.39 is 23.6 Å². The molecule has 3 nitrogen and oxygen atoms in total. The summed E-state index contributed by atoms with van der Waals surface area (Å²) in [6.45, 7) is 1.49. The molecule has 0 unspecified atom stereocenters. The van der Waals surface area contributed by atoms with Gasteiger partial charge in [-0.3, -0.25) is 0 Å². The lowest BCUT2D eigenvalue weighted by atomic mass is 10.1. The van der Waals surface area contributed by atoms with Gasteiger partial charge < -0.3 is 10.6 Å². The van der Waals surface area contributed by atoms with Crippen molar-refractivity contribution in [2.24, 2.45) is 0 Å². The summed E-state index contributed by atoms with van der Waals surface area (Å²) in [5, 5.41) is 4.85. The minimum atomic E-state index is -4.56. The number of alkyl halides is 3. The Kier molecular flexibility index (Phi) is 4.88. The highest BCUT2D eigenvalue weighted by molar-refractivity contribution is 5.89. The first-order chi connectivity index (χ1) is 10.8. The lowest BCUT2D eigenvalue weighted by Crippen LogP contribution is -2.28. The number of amides is 2. The Bertz CT molecular complexity index is 713. The lowest BCUT2D eigenvalue weighted by Gasteiger charge is -2.11. The van der Waals surface area contributed by atoms with E-state index in [1.165, 1.54) is 0 Å². The molecule has 2 aromatic carbocycles. The van der Waals surface area contributed by atoms with E-state index in [0.29, 0.717) is 17.8 Å². The summed E-state index contributed by atoms with van der Waals surface area (Å²) >= 11 is 0. The van der Waals surface area contributed by atoms with Crippen LogP contribution in [-0.2, 0) is 12.7 Å². The van der Waals surface area contributed by atoms with Crippen LogP contribution in [0.3, 0.4) is 0 Å². The van der Waals surface area contributed by atoms with E-state index in [1.807, 2.05) is 13.0 Å². The fourth-order valence-corrected chi connectivity index (χ4v) is 1.96. The van der Waals surface area contributed by atoms with Crippen LogP contribution in [0, 0.1) is 12.7 Å². The maximum absolute atomic E-state index is 13.5. The van der Waals surface area contributed by atoms with Gasteiger partial charge in [-0.05, 0) is 42.8 Å². The maximum Gasteiger partial charge on any atom is 0.416 e. The molecule has 0 bridgehead atoms. The Morgan fingerprint density at radius 3 is 2.52 bits per heavy atom. The normalized spacial score (nSPS) is 11.2. The lowest BCUT2D eigenvalue weighted by molar-refractivity contribution is -0.137. The third-order valence-electron chi connectivity index (χ3n) is 3.09. The van der Waals surface area contributed by atoms with Crippen molar-refractivity contribution < 1.29 is 22.4 Å². The van der Waals surface area contributed by atoms with Gasteiger partial charge in [0.1, 0.15) is 5.82 Å². The summed E-state index contributed by atoms with van der Waals surface area (Å²) in [5.74, 6) is -0.811. The highest BCUT2D eigenvalue weighted by Gasteiger charge is 2.31. The Balaban J connectivity index is 2.01. The quantitative estimate of drug-likeness (QED) is 0.803. The average molecular weight is 326 g/mol. The van der Waals surface area contributed by atoms with Gasteiger partial charge in [0.15, 0.2) is 0 Å². The zero-order chi connectivity index (χ0) is 17.0. The van der Waals surface area contributed by atoms with Crippen LogP contribution in [0.15, 0.2) is 42.5 Å². The number of benzene rings is 2. The SMILES string of the molecule is Cc1cccc(NC(=O)NCc2cc(C(F)(F)F)ccc2F)c1.